The zero-order chi connectivity index (χ0) is 34.0. The second kappa shape index (κ2) is 13.9. The Bertz CT molecular complexity index is 1570. The highest BCUT2D eigenvalue weighted by Crippen LogP contribution is 2.54. The van der Waals surface area contributed by atoms with Crippen LogP contribution < -0.4 is 15.0 Å². The Balaban J connectivity index is 1.45. The van der Waals surface area contributed by atoms with Gasteiger partial charge in [-0.15, -0.1) is 0 Å². The van der Waals surface area contributed by atoms with Crippen LogP contribution in [0.25, 0.3) is 0 Å². The van der Waals surface area contributed by atoms with E-state index in [2.05, 4.69) is 5.32 Å². The Labute approximate surface area is 280 Å². The number of aliphatic hydroxyl groups excluding tert-OH is 1. The second-order valence-electron chi connectivity index (χ2n) is 13.2. The van der Waals surface area contributed by atoms with Gasteiger partial charge in [-0.05, 0) is 48.6 Å². The number of rotatable bonds is 7. The average molecular weight is 658 g/mol. The Morgan fingerprint density at radius 3 is 2.46 bits per heavy atom. The molecule has 0 bridgehead atoms. The van der Waals surface area contributed by atoms with Gasteiger partial charge < -0.3 is 34.4 Å². The number of likely N-dealkylation sites (tertiary alicyclic amines) is 1. The molecule has 2 aromatic carbocycles. The maximum Gasteiger partial charge on any atom is 0.306 e. The van der Waals surface area contributed by atoms with Gasteiger partial charge in [0.25, 0.3) is 5.91 Å². The molecule has 1 spiro atoms. The van der Waals surface area contributed by atoms with E-state index in [0.717, 1.165) is 5.56 Å². The lowest BCUT2D eigenvalue weighted by Crippen LogP contribution is -2.58. The topological polar surface area (TPSA) is 135 Å². The van der Waals surface area contributed by atoms with Gasteiger partial charge in [-0.1, -0.05) is 68.5 Å². The van der Waals surface area contributed by atoms with Gasteiger partial charge in [-0.3, -0.25) is 19.2 Å². The molecule has 48 heavy (non-hydrogen) atoms. The van der Waals surface area contributed by atoms with Crippen LogP contribution in [0.4, 0.5) is 5.69 Å². The smallest absolute Gasteiger partial charge is 0.306 e. The van der Waals surface area contributed by atoms with Crippen molar-refractivity contribution in [2.45, 2.75) is 62.9 Å². The lowest BCUT2D eigenvalue weighted by atomic mass is 9.77. The normalized spacial score (nSPS) is 30.3. The Kier molecular flexibility index (Phi) is 9.70. The average Bonchev–Trinajstić information content (AvgIpc) is 3.48. The first-order chi connectivity index (χ1) is 23.2. The molecule has 2 N–H and O–H groups in total. The number of anilines is 1. The number of carbonyl (C=O) groups excluding carboxylic acids is 4. The number of hydrogen-bond acceptors (Lipinski definition) is 8. The Morgan fingerprint density at radius 2 is 1.77 bits per heavy atom. The second-order valence-corrected chi connectivity index (χ2v) is 13.2. The predicted molar refractivity (Wildman–Crippen MR) is 177 cm³/mol. The van der Waals surface area contributed by atoms with Crippen LogP contribution >= 0.6 is 0 Å². The zero-order valence-electron chi connectivity index (χ0n) is 27.5. The number of methoxy groups -OCH3 is 1. The molecule has 0 aliphatic carbocycles. The lowest BCUT2D eigenvalue weighted by Gasteiger charge is -2.39. The molecule has 0 saturated carbocycles. The minimum Gasteiger partial charge on any atom is -0.497 e. The number of aliphatic hydroxyl groups is 1. The van der Waals surface area contributed by atoms with Gasteiger partial charge in [-0.2, -0.15) is 0 Å². The molecule has 4 aliphatic heterocycles. The summed E-state index contributed by atoms with van der Waals surface area (Å²) in [5.41, 5.74) is -0.142. The van der Waals surface area contributed by atoms with Crippen LogP contribution in [-0.4, -0.2) is 84.4 Å². The monoisotopic (exact) mass is 657 g/mol. The summed E-state index contributed by atoms with van der Waals surface area (Å²) in [6.07, 6.45) is 7.15. The van der Waals surface area contributed by atoms with Crippen LogP contribution in [0.1, 0.15) is 44.7 Å². The van der Waals surface area contributed by atoms with Crippen molar-refractivity contribution in [1.29, 1.82) is 0 Å². The van der Waals surface area contributed by atoms with Gasteiger partial charge >= 0.3 is 5.97 Å². The summed E-state index contributed by atoms with van der Waals surface area (Å²) in [6, 6.07) is 13.8. The van der Waals surface area contributed by atoms with Crippen LogP contribution in [0, 0.1) is 17.8 Å². The molecular formula is C37H43N3O8. The standard InChI is InChI=1S/C37H43N3O8/c1-23(2)20-26(21-41)40-33-36(45)39(25-14-16-27(46-3)17-15-25)19-9-18-37(33)32(35(40)44)31-29(48-37)12-7-8-13-30(42)47-22-28(38-34(31)43)24-10-5-4-6-11-24/h4-7,9-12,14-18,23,26,28-29,31-33,41H,8,13,19-22H2,1-3H3,(H,38,43)/b12-7-/t26-,28-,29+,31-,32-,33+,37-/m1/s1. The van der Waals surface area contributed by atoms with Crippen LogP contribution in [0.3, 0.4) is 0 Å². The van der Waals surface area contributed by atoms with Crippen LogP contribution in [0.15, 0.2) is 78.9 Å². The summed E-state index contributed by atoms with van der Waals surface area (Å²) in [5, 5.41) is 13.7. The highest BCUT2D eigenvalue weighted by atomic mass is 16.5. The molecule has 11 nitrogen and oxygen atoms in total. The number of amides is 3. The van der Waals surface area contributed by atoms with E-state index in [9.17, 15) is 24.3 Å². The number of allylic oxidation sites excluding steroid dienone is 1. The van der Waals surface area contributed by atoms with Crippen molar-refractivity contribution in [1.82, 2.24) is 10.2 Å². The first-order valence-electron chi connectivity index (χ1n) is 16.6. The number of esters is 1. The van der Waals surface area contributed by atoms with E-state index in [1.165, 1.54) is 4.90 Å². The summed E-state index contributed by atoms with van der Waals surface area (Å²) >= 11 is 0. The summed E-state index contributed by atoms with van der Waals surface area (Å²) < 4.78 is 17.7. The third kappa shape index (κ3) is 6.12. The summed E-state index contributed by atoms with van der Waals surface area (Å²) in [4.78, 5) is 59.7. The van der Waals surface area contributed by atoms with Crippen molar-refractivity contribution < 1.29 is 38.5 Å². The number of cyclic esters (lactones) is 1. The molecule has 6 rings (SSSR count). The third-order valence-electron chi connectivity index (χ3n) is 9.74. The van der Waals surface area contributed by atoms with Gasteiger partial charge in [0, 0.05) is 18.7 Å². The zero-order valence-corrected chi connectivity index (χ0v) is 27.5. The van der Waals surface area contributed by atoms with Gasteiger partial charge in [0.2, 0.25) is 11.8 Å². The van der Waals surface area contributed by atoms with Gasteiger partial charge in [-0.25, -0.2) is 0 Å². The molecule has 11 heteroatoms. The number of ether oxygens (including phenoxy) is 3. The lowest BCUT2D eigenvalue weighted by molar-refractivity contribution is -0.147. The number of benzene rings is 2. The van der Waals surface area contributed by atoms with Crippen molar-refractivity contribution in [2.24, 2.45) is 17.8 Å². The molecule has 4 aliphatic rings. The van der Waals surface area contributed by atoms with E-state index in [-0.39, 0.29) is 38.0 Å². The summed E-state index contributed by atoms with van der Waals surface area (Å²) in [6.45, 7) is 3.76. The molecule has 4 heterocycles. The molecule has 0 radical (unpaired) electrons. The third-order valence-corrected chi connectivity index (χ3v) is 9.74. The molecular weight excluding hydrogens is 614 g/mol. The highest BCUT2D eigenvalue weighted by Gasteiger charge is 2.72. The Hall–Kier alpha value is -4.48. The highest BCUT2D eigenvalue weighted by molar-refractivity contribution is 6.06. The molecule has 254 valence electrons. The molecule has 2 fully saturated rings. The van der Waals surface area contributed by atoms with Gasteiger partial charge in [0.15, 0.2) is 0 Å². The predicted octanol–water partition coefficient (Wildman–Crippen LogP) is 3.34. The number of hydrogen-bond donors (Lipinski definition) is 2. The minimum atomic E-state index is -1.49. The summed E-state index contributed by atoms with van der Waals surface area (Å²) in [5.74, 6) is -2.95. The van der Waals surface area contributed by atoms with Crippen molar-refractivity contribution in [3.05, 3.63) is 84.5 Å². The van der Waals surface area contributed by atoms with Crippen LogP contribution in [0.2, 0.25) is 0 Å². The van der Waals surface area contributed by atoms with E-state index >= 15 is 0 Å². The number of carbonyl (C=O) groups is 4. The minimum absolute atomic E-state index is 0.0781. The maximum absolute atomic E-state index is 14.8. The maximum atomic E-state index is 14.8. The molecule has 0 unspecified atom stereocenters. The van der Waals surface area contributed by atoms with Crippen LogP contribution in [-0.2, 0) is 28.7 Å². The SMILES string of the molecule is COc1ccc(N2CC=C[C@@]34O[C@H]5/C=C\CCC(=O)OC[C@H](c6ccccc6)NC(=O)[C@H]5[C@@H]3C(=O)N([C@@H](CO)CC(C)C)[C@H]4C2=O)cc1. The summed E-state index contributed by atoms with van der Waals surface area (Å²) in [7, 11) is 1.57. The van der Waals surface area contributed by atoms with Gasteiger partial charge in [0.05, 0.1) is 43.7 Å². The molecule has 3 amide bonds. The van der Waals surface area contributed by atoms with E-state index < -0.39 is 59.5 Å². The Morgan fingerprint density at radius 1 is 1.02 bits per heavy atom. The fourth-order valence-electron chi connectivity index (χ4n) is 7.58. The van der Waals surface area contributed by atoms with Crippen LogP contribution in [0.5, 0.6) is 5.75 Å². The molecule has 2 saturated heterocycles. The van der Waals surface area contributed by atoms with Gasteiger partial charge in [0.1, 0.15) is 24.0 Å². The van der Waals surface area contributed by atoms with Crippen molar-refractivity contribution >= 4 is 29.4 Å². The number of fused-ring (bicyclic) bond motifs is 2. The van der Waals surface area contributed by atoms with Crippen molar-refractivity contribution in [3.8, 4) is 5.75 Å². The van der Waals surface area contributed by atoms with Crippen molar-refractivity contribution in [3.63, 3.8) is 0 Å². The quantitative estimate of drug-likeness (QED) is 0.342. The molecule has 2 aromatic rings. The molecule has 0 aromatic heterocycles. The van der Waals surface area contributed by atoms with Crippen molar-refractivity contribution in [2.75, 3.05) is 31.8 Å². The largest absolute Gasteiger partial charge is 0.497 e. The molecule has 7 atom stereocenters. The first kappa shape index (κ1) is 33.4. The van der Waals surface area contributed by atoms with E-state index in [1.54, 1.807) is 54.5 Å². The van der Waals surface area contributed by atoms with E-state index in [1.807, 2.05) is 50.3 Å². The number of nitrogens with zero attached hydrogens (tertiary/aromatic N) is 2. The number of nitrogens with one attached hydrogen (secondary N) is 1. The fourth-order valence-corrected chi connectivity index (χ4v) is 7.58. The van der Waals surface area contributed by atoms with E-state index in [0.29, 0.717) is 24.3 Å². The fraction of sp³-hybridized carbons (Fsp3) is 0.459. The first-order valence-corrected chi connectivity index (χ1v) is 16.6. The van der Waals surface area contributed by atoms with E-state index in [4.69, 9.17) is 14.2 Å².